The highest BCUT2D eigenvalue weighted by Gasteiger charge is 2.33. The molecule has 0 saturated carbocycles. The maximum Gasteiger partial charge on any atom is 0.0787 e. The zero-order valence-corrected chi connectivity index (χ0v) is 12.4. The Hall–Kier alpha value is -0.120. The van der Waals surface area contributed by atoms with E-state index in [1.54, 1.807) is 7.11 Å². The smallest absolute Gasteiger partial charge is 0.0787 e. The molecule has 0 aromatic rings. The van der Waals surface area contributed by atoms with Crippen LogP contribution in [0.15, 0.2) is 0 Å². The van der Waals surface area contributed by atoms with Gasteiger partial charge in [0, 0.05) is 25.7 Å². The highest BCUT2D eigenvalue weighted by atomic mass is 16.5. The van der Waals surface area contributed by atoms with Gasteiger partial charge in [-0.1, -0.05) is 6.92 Å². The first kappa shape index (κ1) is 14.9. The lowest BCUT2D eigenvalue weighted by molar-refractivity contribution is -0.0268. The summed E-state index contributed by atoms with van der Waals surface area (Å²) in [6.45, 7) is 11.3. The Labute approximate surface area is 107 Å². The largest absolute Gasteiger partial charge is 0.377 e. The number of nitrogens with zero attached hydrogens (tertiary/aromatic N) is 1. The minimum atomic E-state index is -0.116. The van der Waals surface area contributed by atoms with Gasteiger partial charge < -0.3 is 10.1 Å². The molecule has 1 heterocycles. The van der Waals surface area contributed by atoms with E-state index >= 15 is 0 Å². The van der Waals surface area contributed by atoms with Crippen LogP contribution >= 0.6 is 0 Å². The van der Waals surface area contributed by atoms with Gasteiger partial charge in [0.2, 0.25) is 0 Å². The monoisotopic (exact) mass is 242 g/mol. The molecule has 0 spiro atoms. The molecule has 1 saturated heterocycles. The number of methoxy groups -OCH3 is 1. The Morgan fingerprint density at radius 2 is 2.06 bits per heavy atom. The van der Waals surface area contributed by atoms with Gasteiger partial charge in [0.15, 0.2) is 0 Å². The zero-order valence-electron chi connectivity index (χ0n) is 12.4. The molecule has 3 atom stereocenters. The van der Waals surface area contributed by atoms with E-state index in [1.165, 1.54) is 19.4 Å². The maximum atomic E-state index is 5.61. The first-order valence-corrected chi connectivity index (χ1v) is 6.88. The van der Waals surface area contributed by atoms with E-state index in [2.05, 4.69) is 37.9 Å². The third-order valence-electron chi connectivity index (χ3n) is 4.64. The second kappa shape index (κ2) is 6.17. The van der Waals surface area contributed by atoms with Gasteiger partial charge in [0.05, 0.1) is 5.60 Å². The third kappa shape index (κ3) is 3.67. The van der Waals surface area contributed by atoms with Crippen molar-refractivity contribution in [2.24, 2.45) is 5.92 Å². The summed E-state index contributed by atoms with van der Waals surface area (Å²) in [7, 11) is 3.83. The Bertz CT molecular complexity index is 230. The number of nitrogens with one attached hydrogen (secondary N) is 1. The molecule has 0 aromatic carbocycles. The summed E-state index contributed by atoms with van der Waals surface area (Å²) in [5, 5.41) is 3.41. The van der Waals surface area contributed by atoms with Gasteiger partial charge in [-0.25, -0.2) is 0 Å². The number of ether oxygens (including phenoxy) is 1. The summed E-state index contributed by atoms with van der Waals surface area (Å²) in [5.74, 6) is 0.812. The average Bonchev–Trinajstić information content (AvgIpc) is 2.30. The highest BCUT2D eigenvalue weighted by Crippen LogP contribution is 2.24. The van der Waals surface area contributed by atoms with Crippen LogP contribution in [0.2, 0.25) is 0 Å². The third-order valence-corrected chi connectivity index (χ3v) is 4.64. The van der Waals surface area contributed by atoms with Crippen molar-refractivity contribution >= 4 is 0 Å². The van der Waals surface area contributed by atoms with Gasteiger partial charge in [-0.3, -0.25) is 4.90 Å². The standard InChI is InChI=1S/C14H30N2O/c1-11-8-7-9-16(12(11)2)10-13(15-5)14(3,4)17-6/h11-13,15H,7-10H2,1-6H3. The van der Waals surface area contributed by atoms with Crippen molar-refractivity contribution in [2.75, 3.05) is 27.2 Å². The van der Waals surface area contributed by atoms with Crippen molar-refractivity contribution in [2.45, 2.75) is 58.2 Å². The number of piperidine rings is 1. The molecule has 0 amide bonds. The van der Waals surface area contributed by atoms with Gasteiger partial charge in [0.1, 0.15) is 0 Å². The van der Waals surface area contributed by atoms with Crippen LogP contribution in [0.4, 0.5) is 0 Å². The van der Waals surface area contributed by atoms with Crippen molar-refractivity contribution in [3.63, 3.8) is 0 Å². The molecule has 3 nitrogen and oxygen atoms in total. The molecule has 1 N–H and O–H groups in total. The van der Waals surface area contributed by atoms with Crippen LogP contribution in [0.25, 0.3) is 0 Å². The van der Waals surface area contributed by atoms with E-state index in [9.17, 15) is 0 Å². The minimum Gasteiger partial charge on any atom is -0.377 e. The predicted molar refractivity (Wildman–Crippen MR) is 73.4 cm³/mol. The SMILES string of the molecule is CNC(CN1CCCC(C)C1C)C(C)(C)OC. The molecular weight excluding hydrogens is 212 g/mol. The van der Waals surface area contributed by atoms with Crippen LogP contribution in [0.5, 0.6) is 0 Å². The molecule has 1 aliphatic rings. The second-order valence-electron chi connectivity index (χ2n) is 6.00. The fourth-order valence-electron chi connectivity index (χ4n) is 2.71. The lowest BCUT2D eigenvalue weighted by Crippen LogP contribution is -2.56. The van der Waals surface area contributed by atoms with Crippen LogP contribution in [0.1, 0.15) is 40.5 Å². The fraction of sp³-hybridized carbons (Fsp3) is 1.00. The van der Waals surface area contributed by atoms with Crippen LogP contribution in [-0.4, -0.2) is 49.8 Å². The van der Waals surface area contributed by atoms with Crippen molar-refractivity contribution in [3.05, 3.63) is 0 Å². The number of likely N-dealkylation sites (N-methyl/N-ethyl adjacent to an activating group) is 1. The molecule has 0 aromatic heterocycles. The number of hydrogen-bond acceptors (Lipinski definition) is 3. The Kier molecular flexibility index (Phi) is 5.42. The zero-order chi connectivity index (χ0) is 13.1. The van der Waals surface area contributed by atoms with Crippen LogP contribution in [-0.2, 0) is 4.74 Å². The predicted octanol–water partition coefficient (Wildman–Crippen LogP) is 2.12. The number of likely N-dealkylation sites (tertiary alicyclic amines) is 1. The summed E-state index contributed by atoms with van der Waals surface area (Å²) in [6.07, 6.45) is 2.70. The van der Waals surface area contributed by atoms with Crippen molar-refractivity contribution in [1.29, 1.82) is 0 Å². The van der Waals surface area contributed by atoms with E-state index < -0.39 is 0 Å². The first-order valence-electron chi connectivity index (χ1n) is 6.88. The number of rotatable bonds is 5. The van der Waals surface area contributed by atoms with Crippen molar-refractivity contribution in [3.8, 4) is 0 Å². The molecule has 1 aliphatic heterocycles. The van der Waals surface area contributed by atoms with E-state index in [0.717, 1.165) is 12.5 Å². The molecule has 1 rings (SSSR count). The summed E-state index contributed by atoms with van der Waals surface area (Å²) in [6, 6.07) is 1.06. The average molecular weight is 242 g/mol. The van der Waals surface area contributed by atoms with Crippen molar-refractivity contribution in [1.82, 2.24) is 10.2 Å². The molecule has 3 unspecified atom stereocenters. The topological polar surface area (TPSA) is 24.5 Å². The second-order valence-corrected chi connectivity index (χ2v) is 6.00. The molecule has 0 radical (unpaired) electrons. The molecule has 3 heteroatoms. The van der Waals surface area contributed by atoms with Crippen molar-refractivity contribution < 1.29 is 4.74 Å². The van der Waals surface area contributed by atoms with E-state index in [4.69, 9.17) is 4.74 Å². The summed E-state index contributed by atoms with van der Waals surface area (Å²) in [5.41, 5.74) is -0.116. The Balaban J connectivity index is 2.61. The van der Waals surface area contributed by atoms with E-state index in [1.807, 2.05) is 7.05 Å². The molecule has 102 valence electrons. The summed E-state index contributed by atoms with van der Waals surface area (Å²) in [4.78, 5) is 2.61. The van der Waals surface area contributed by atoms with Gasteiger partial charge in [-0.15, -0.1) is 0 Å². The molecule has 1 fully saturated rings. The molecular formula is C14H30N2O. The summed E-state index contributed by atoms with van der Waals surface area (Å²) >= 11 is 0. The van der Waals surface area contributed by atoms with E-state index in [-0.39, 0.29) is 5.60 Å². The summed E-state index contributed by atoms with van der Waals surface area (Å²) < 4.78 is 5.61. The van der Waals surface area contributed by atoms with Gasteiger partial charge in [0.25, 0.3) is 0 Å². The Morgan fingerprint density at radius 3 is 2.59 bits per heavy atom. The maximum absolute atomic E-state index is 5.61. The van der Waals surface area contributed by atoms with E-state index in [0.29, 0.717) is 12.1 Å². The van der Waals surface area contributed by atoms with Gasteiger partial charge in [-0.05, 0) is 53.1 Å². The lowest BCUT2D eigenvalue weighted by Gasteiger charge is -2.43. The minimum absolute atomic E-state index is 0.116. The van der Waals surface area contributed by atoms with Crippen LogP contribution in [0.3, 0.4) is 0 Å². The first-order chi connectivity index (χ1) is 7.92. The molecule has 0 aliphatic carbocycles. The normalized spacial score (nSPS) is 29.3. The van der Waals surface area contributed by atoms with Crippen LogP contribution in [0, 0.1) is 5.92 Å². The van der Waals surface area contributed by atoms with Crippen LogP contribution < -0.4 is 5.32 Å². The van der Waals surface area contributed by atoms with Gasteiger partial charge >= 0.3 is 0 Å². The number of hydrogen-bond donors (Lipinski definition) is 1. The quantitative estimate of drug-likeness (QED) is 0.799. The lowest BCUT2D eigenvalue weighted by atomic mass is 9.90. The van der Waals surface area contributed by atoms with Gasteiger partial charge in [-0.2, -0.15) is 0 Å². The Morgan fingerprint density at radius 1 is 1.41 bits per heavy atom. The molecule has 17 heavy (non-hydrogen) atoms. The fourth-order valence-corrected chi connectivity index (χ4v) is 2.71. The highest BCUT2D eigenvalue weighted by molar-refractivity contribution is 4.90. The molecule has 0 bridgehead atoms.